The maximum atomic E-state index is 4.24. The number of amidine groups is 1. The van der Waals surface area contributed by atoms with E-state index in [2.05, 4.69) is 30.8 Å². The van der Waals surface area contributed by atoms with Gasteiger partial charge in [0.25, 0.3) is 0 Å². The number of aliphatic imine (C=N–C) groups is 1. The number of rotatable bonds is 4. The van der Waals surface area contributed by atoms with Gasteiger partial charge in [-0.2, -0.15) is 0 Å². The summed E-state index contributed by atoms with van der Waals surface area (Å²) in [6.07, 6.45) is 3.62. The van der Waals surface area contributed by atoms with Gasteiger partial charge < -0.3 is 4.90 Å². The monoisotopic (exact) mass is 156 g/mol. The molecule has 0 aromatic carbocycles. The van der Waals surface area contributed by atoms with Crippen LogP contribution >= 0.6 is 0 Å². The number of unbranched alkanes of at least 4 members (excludes halogenated alkanes) is 1. The van der Waals surface area contributed by atoms with Crippen LogP contribution in [0.4, 0.5) is 0 Å². The number of hydrogen-bond acceptors (Lipinski definition) is 1. The molecule has 0 aromatic rings. The predicted molar refractivity (Wildman–Crippen MR) is 51.2 cm³/mol. The van der Waals surface area contributed by atoms with Gasteiger partial charge in [0.15, 0.2) is 0 Å². The van der Waals surface area contributed by atoms with E-state index >= 15 is 0 Å². The van der Waals surface area contributed by atoms with Gasteiger partial charge in [0.2, 0.25) is 0 Å². The van der Waals surface area contributed by atoms with Crippen molar-refractivity contribution in [3.05, 3.63) is 0 Å². The molecule has 0 radical (unpaired) electrons. The highest BCUT2D eigenvalue weighted by Crippen LogP contribution is 1.99. The van der Waals surface area contributed by atoms with E-state index < -0.39 is 0 Å². The van der Waals surface area contributed by atoms with Gasteiger partial charge in [0, 0.05) is 27.1 Å². The number of nitrogens with zero attached hydrogens (tertiary/aromatic N) is 2. The largest absolute Gasteiger partial charge is 0.364 e. The van der Waals surface area contributed by atoms with E-state index in [9.17, 15) is 0 Å². The molecule has 0 amide bonds. The molecule has 2 nitrogen and oxygen atoms in total. The Morgan fingerprint density at radius 1 is 1.36 bits per heavy atom. The molecule has 0 unspecified atom stereocenters. The van der Waals surface area contributed by atoms with E-state index in [1.165, 1.54) is 18.7 Å². The molecule has 11 heavy (non-hydrogen) atoms. The molecule has 0 aliphatic rings. The molecule has 0 bridgehead atoms. The standard InChI is InChI=1S/C9H20N2/c1-5-7-8-9(10-3)11(4)6-2/h5-8H2,1-4H3. The first kappa shape index (κ1) is 10.5. The lowest BCUT2D eigenvalue weighted by Gasteiger charge is -2.18. The first-order valence-electron chi connectivity index (χ1n) is 4.43. The lowest BCUT2D eigenvalue weighted by Crippen LogP contribution is -2.26. The maximum Gasteiger partial charge on any atom is 0.0982 e. The molecule has 0 aliphatic heterocycles. The van der Waals surface area contributed by atoms with E-state index in [0.717, 1.165) is 13.0 Å². The van der Waals surface area contributed by atoms with E-state index in [-0.39, 0.29) is 0 Å². The molecule has 66 valence electrons. The van der Waals surface area contributed by atoms with E-state index in [4.69, 9.17) is 0 Å². The van der Waals surface area contributed by atoms with Gasteiger partial charge in [0.1, 0.15) is 0 Å². The summed E-state index contributed by atoms with van der Waals surface area (Å²) in [5.74, 6) is 1.23. The smallest absolute Gasteiger partial charge is 0.0982 e. The molecule has 0 saturated carbocycles. The van der Waals surface area contributed by atoms with Crippen molar-refractivity contribution >= 4 is 5.84 Å². The minimum absolute atomic E-state index is 1.05. The molecule has 0 N–H and O–H groups in total. The summed E-state index contributed by atoms with van der Waals surface area (Å²) in [5, 5.41) is 0. The zero-order chi connectivity index (χ0) is 8.69. The fourth-order valence-electron chi connectivity index (χ4n) is 0.991. The van der Waals surface area contributed by atoms with Gasteiger partial charge in [-0.25, -0.2) is 0 Å². The molecule has 0 aromatic heterocycles. The van der Waals surface area contributed by atoms with Gasteiger partial charge in [0.05, 0.1) is 5.84 Å². The molecule has 0 heterocycles. The van der Waals surface area contributed by atoms with Crippen molar-refractivity contribution < 1.29 is 0 Å². The van der Waals surface area contributed by atoms with Gasteiger partial charge in [-0.1, -0.05) is 13.3 Å². The minimum Gasteiger partial charge on any atom is -0.364 e. The molecule has 0 rings (SSSR count). The summed E-state index contributed by atoms with van der Waals surface area (Å²) in [7, 11) is 3.97. The fourth-order valence-corrected chi connectivity index (χ4v) is 0.991. The van der Waals surface area contributed by atoms with Crippen molar-refractivity contribution in [1.82, 2.24) is 4.90 Å². The topological polar surface area (TPSA) is 15.6 Å². The van der Waals surface area contributed by atoms with Crippen LogP contribution in [-0.2, 0) is 0 Å². The van der Waals surface area contributed by atoms with Gasteiger partial charge in [-0.3, -0.25) is 4.99 Å². The SMILES string of the molecule is CCCCC(=NC)N(C)CC. The molecule has 0 spiro atoms. The van der Waals surface area contributed by atoms with E-state index in [1.54, 1.807) is 0 Å². The van der Waals surface area contributed by atoms with Crippen molar-refractivity contribution in [2.75, 3.05) is 20.6 Å². The summed E-state index contributed by atoms with van der Waals surface area (Å²) in [5.41, 5.74) is 0. The predicted octanol–water partition coefficient (Wildman–Crippen LogP) is 2.16. The van der Waals surface area contributed by atoms with Crippen molar-refractivity contribution in [2.24, 2.45) is 4.99 Å². The Hall–Kier alpha value is -0.530. The van der Waals surface area contributed by atoms with Crippen LogP contribution in [0.2, 0.25) is 0 Å². The van der Waals surface area contributed by atoms with Crippen LogP contribution in [0.1, 0.15) is 33.1 Å². The lowest BCUT2D eigenvalue weighted by molar-refractivity contribution is 0.516. The molecule has 0 atom stereocenters. The highest BCUT2D eigenvalue weighted by molar-refractivity contribution is 5.81. The van der Waals surface area contributed by atoms with Crippen LogP contribution in [0.5, 0.6) is 0 Å². The summed E-state index contributed by atoms with van der Waals surface area (Å²) in [4.78, 5) is 6.44. The Balaban J connectivity index is 3.77. The Bertz CT molecular complexity index is 119. The van der Waals surface area contributed by atoms with Crippen LogP contribution < -0.4 is 0 Å². The summed E-state index contributed by atoms with van der Waals surface area (Å²) >= 11 is 0. The van der Waals surface area contributed by atoms with E-state index in [0.29, 0.717) is 0 Å². The fraction of sp³-hybridized carbons (Fsp3) is 0.889. The van der Waals surface area contributed by atoms with Crippen LogP contribution in [0, 0.1) is 0 Å². The normalized spacial score (nSPS) is 11.8. The third kappa shape index (κ3) is 4.02. The average molecular weight is 156 g/mol. The Morgan fingerprint density at radius 2 is 2.00 bits per heavy atom. The second-order valence-electron chi connectivity index (χ2n) is 2.76. The average Bonchev–Trinajstić information content (AvgIpc) is 2.05. The van der Waals surface area contributed by atoms with Gasteiger partial charge in [-0.15, -0.1) is 0 Å². The van der Waals surface area contributed by atoms with Crippen LogP contribution in [-0.4, -0.2) is 31.4 Å². The Morgan fingerprint density at radius 3 is 2.36 bits per heavy atom. The Labute approximate surface area is 70.3 Å². The zero-order valence-corrected chi connectivity index (χ0v) is 8.22. The summed E-state index contributed by atoms with van der Waals surface area (Å²) in [6.45, 7) is 5.41. The second-order valence-corrected chi connectivity index (χ2v) is 2.76. The van der Waals surface area contributed by atoms with Crippen molar-refractivity contribution in [1.29, 1.82) is 0 Å². The van der Waals surface area contributed by atoms with Crippen molar-refractivity contribution in [2.45, 2.75) is 33.1 Å². The van der Waals surface area contributed by atoms with E-state index in [1.807, 2.05) is 7.05 Å². The highest BCUT2D eigenvalue weighted by Gasteiger charge is 2.00. The van der Waals surface area contributed by atoms with Crippen molar-refractivity contribution in [3.8, 4) is 0 Å². The van der Waals surface area contributed by atoms with Crippen LogP contribution in [0.25, 0.3) is 0 Å². The van der Waals surface area contributed by atoms with Gasteiger partial charge >= 0.3 is 0 Å². The van der Waals surface area contributed by atoms with Crippen LogP contribution in [0.3, 0.4) is 0 Å². The van der Waals surface area contributed by atoms with Crippen molar-refractivity contribution in [3.63, 3.8) is 0 Å². The first-order chi connectivity index (χ1) is 5.26. The summed E-state index contributed by atoms with van der Waals surface area (Å²) in [6, 6.07) is 0. The molecular weight excluding hydrogens is 136 g/mol. The maximum absolute atomic E-state index is 4.24. The van der Waals surface area contributed by atoms with Crippen LogP contribution in [0.15, 0.2) is 4.99 Å². The molecule has 0 saturated heterocycles. The summed E-state index contributed by atoms with van der Waals surface area (Å²) < 4.78 is 0. The third-order valence-corrected chi connectivity index (χ3v) is 1.93. The first-order valence-corrected chi connectivity index (χ1v) is 4.43. The highest BCUT2D eigenvalue weighted by atomic mass is 15.1. The lowest BCUT2D eigenvalue weighted by atomic mass is 10.2. The minimum atomic E-state index is 1.05. The van der Waals surface area contributed by atoms with Gasteiger partial charge in [-0.05, 0) is 13.3 Å². The second kappa shape index (κ2) is 6.20. The Kier molecular flexibility index (Phi) is 5.90. The molecular formula is C9H20N2. The number of hydrogen-bond donors (Lipinski definition) is 0. The molecule has 2 heteroatoms. The zero-order valence-electron chi connectivity index (χ0n) is 8.22. The molecule has 0 aliphatic carbocycles. The quantitative estimate of drug-likeness (QED) is 0.450. The third-order valence-electron chi connectivity index (χ3n) is 1.93. The molecule has 0 fully saturated rings.